The zero-order valence-corrected chi connectivity index (χ0v) is 15.0. The summed E-state index contributed by atoms with van der Waals surface area (Å²) in [7, 11) is 0. The van der Waals surface area contributed by atoms with Crippen LogP contribution in [-0.2, 0) is 6.54 Å². The highest BCUT2D eigenvalue weighted by Crippen LogP contribution is 2.20. The zero-order valence-electron chi connectivity index (χ0n) is 11.3. The summed E-state index contributed by atoms with van der Waals surface area (Å²) in [5, 5.41) is 9.23. The van der Waals surface area contributed by atoms with Crippen molar-refractivity contribution in [3.63, 3.8) is 0 Å². The Morgan fingerprint density at radius 1 is 1.19 bits per heavy atom. The van der Waals surface area contributed by atoms with Crippen LogP contribution in [0.2, 0.25) is 0 Å². The highest BCUT2D eigenvalue weighted by atomic mass is 127. The zero-order chi connectivity index (χ0) is 15.2. The van der Waals surface area contributed by atoms with Crippen LogP contribution in [0.15, 0.2) is 53.0 Å². The maximum atomic E-state index is 12.7. The van der Waals surface area contributed by atoms with Gasteiger partial charge in [0.15, 0.2) is 0 Å². The van der Waals surface area contributed by atoms with E-state index in [0.717, 1.165) is 13.6 Å². The SMILES string of the molecule is O=C(c1cc(Br)ccc1I)N(CCO)Cc1ccccc1. The van der Waals surface area contributed by atoms with E-state index in [1.165, 1.54) is 0 Å². The second-order valence-corrected chi connectivity index (χ2v) is 6.64. The third kappa shape index (κ3) is 4.52. The standard InChI is InChI=1S/C16H15BrINO2/c17-13-6-7-15(18)14(10-13)16(21)19(8-9-20)11-12-4-2-1-3-5-12/h1-7,10,20H,8-9,11H2. The van der Waals surface area contributed by atoms with Gasteiger partial charge in [-0.25, -0.2) is 0 Å². The molecule has 0 radical (unpaired) electrons. The van der Waals surface area contributed by atoms with E-state index in [1.807, 2.05) is 48.5 Å². The summed E-state index contributed by atoms with van der Waals surface area (Å²) in [5.41, 5.74) is 1.69. The molecule has 0 unspecified atom stereocenters. The van der Waals surface area contributed by atoms with Gasteiger partial charge in [0, 0.05) is 21.1 Å². The number of nitrogens with zero attached hydrogens (tertiary/aromatic N) is 1. The van der Waals surface area contributed by atoms with Crippen LogP contribution in [0.5, 0.6) is 0 Å². The smallest absolute Gasteiger partial charge is 0.255 e. The molecular weight excluding hydrogens is 445 g/mol. The molecule has 0 atom stereocenters. The van der Waals surface area contributed by atoms with Gasteiger partial charge in [-0.1, -0.05) is 46.3 Å². The maximum Gasteiger partial charge on any atom is 0.255 e. The molecule has 5 heteroatoms. The minimum absolute atomic E-state index is 0.0524. The summed E-state index contributed by atoms with van der Waals surface area (Å²) >= 11 is 5.55. The van der Waals surface area contributed by atoms with Crippen LogP contribution >= 0.6 is 38.5 Å². The van der Waals surface area contributed by atoms with E-state index >= 15 is 0 Å². The molecule has 110 valence electrons. The van der Waals surface area contributed by atoms with Gasteiger partial charge >= 0.3 is 0 Å². The Morgan fingerprint density at radius 2 is 1.90 bits per heavy atom. The number of halogens is 2. The second-order valence-electron chi connectivity index (χ2n) is 4.56. The summed E-state index contributed by atoms with van der Waals surface area (Å²) in [6.45, 7) is 0.752. The van der Waals surface area contributed by atoms with Crippen LogP contribution in [0.1, 0.15) is 15.9 Å². The second kappa shape index (κ2) is 7.91. The summed E-state index contributed by atoms with van der Waals surface area (Å²) < 4.78 is 1.77. The van der Waals surface area contributed by atoms with E-state index in [1.54, 1.807) is 4.90 Å². The lowest BCUT2D eigenvalue weighted by molar-refractivity contribution is 0.0706. The topological polar surface area (TPSA) is 40.5 Å². The number of benzene rings is 2. The van der Waals surface area contributed by atoms with Gasteiger partial charge in [-0.15, -0.1) is 0 Å². The van der Waals surface area contributed by atoms with Crippen LogP contribution in [-0.4, -0.2) is 29.1 Å². The number of aliphatic hydroxyl groups is 1. The van der Waals surface area contributed by atoms with Crippen LogP contribution in [0.25, 0.3) is 0 Å². The van der Waals surface area contributed by atoms with Crippen molar-refractivity contribution in [2.24, 2.45) is 0 Å². The van der Waals surface area contributed by atoms with Crippen LogP contribution in [0.4, 0.5) is 0 Å². The van der Waals surface area contributed by atoms with Gasteiger partial charge in [0.25, 0.3) is 5.91 Å². The van der Waals surface area contributed by atoms with Crippen LogP contribution < -0.4 is 0 Å². The van der Waals surface area contributed by atoms with Crippen molar-refractivity contribution in [1.29, 1.82) is 0 Å². The van der Waals surface area contributed by atoms with Gasteiger partial charge in [0.1, 0.15) is 0 Å². The van der Waals surface area contributed by atoms with E-state index in [-0.39, 0.29) is 12.5 Å². The fourth-order valence-electron chi connectivity index (χ4n) is 2.01. The first kappa shape index (κ1) is 16.5. The van der Waals surface area contributed by atoms with Crippen molar-refractivity contribution in [2.75, 3.05) is 13.2 Å². The molecule has 1 N–H and O–H groups in total. The van der Waals surface area contributed by atoms with E-state index in [9.17, 15) is 9.90 Å². The summed E-state index contributed by atoms with van der Waals surface area (Å²) in [5.74, 6) is -0.0707. The lowest BCUT2D eigenvalue weighted by Crippen LogP contribution is -2.33. The highest BCUT2D eigenvalue weighted by molar-refractivity contribution is 14.1. The van der Waals surface area contributed by atoms with Crippen molar-refractivity contribution >= 4 is 44.4 Å². The molecule has 0 saturated heterocycles. The summed E-state index contributed by atoms with van der Waals surface area (Å²) in [6.07, 6.45) is 0. The first-order valence-corrected chi connectivity index (χ1v) is 8.38. The highest BCUT2D eigenvalue weighted by Gasteiger charge is 2.18. The van der Waals surface area contributed by atoms with Gasteiger partial charge in [0.2, 0.25) is 0 Å². The molecule has 0 aliphatic rings. The monoisotopic (exact) mass is 459 g/mol. The molecule has 1 amide bonds. The molecule has 0 heterocycles. The van der Waals surface area contributed by atoms with Gasteiger partial charge in [0.05, 0.1) is 12.2 Å². The molecule has 0 bridgehead atoms. The Kier molecular flexibility index (Phi) is 6.20. The van der Waals surface area contributed by atoms with Crippen LogP contribution in [0.3, 0.4) is 0 Å². The van der Waals surface area contributed by atoms with Crippen molar-refractivity contribution in [3.8, 4) is 0 Å². The Balaban J connectivity index is 2.25. The fourth-order valence-corrected chi connectivity index (χ4v) is 2.94. The number of rotatable bonds is 5. The van der Waals surface area contributed by atoms with Gasteiger partial charge in [-0.05, 0) is 46.4 Å². The predicted molar refractivity (Wildman–Crippen MR) is 95.1 cm³/mol. The predicted octanol–water partition coefficient (Wildman–Crippen LogP) is 3.69. The largest absolute Gasteiger partial charge is 0.395 e. The molecular formula is C16H15BrINO2. The lowest BCUT2D eigenvalue weighted by Gasteiger charge is -2.22. The Labute approximate surface area is 146 Å². The minimum Gasteiger partial charge on any atom is -0.395 e. The molecule has 0 fully saturated rings. The van der Waals surface area contributed by atoms with E-state index < -0.39 is 0 Å². The van der Waals surface area contributed by atoms with Crippen molar-refractivity contribution in [2.45, 2.75) is 6.54 Å². The van der Waals surface area contributed by atoms with E-state index in [2.05, 4.69) is 38.5 Å². The molecule has 3 nitrogen and oxygen atoms in total. The Bertz CT molecular complexity index is 619. The number of amides is 1. The molecule has 2 rings (SSSR count). The minimum atomic E-state index is -0.0707. The van der Waals surface area contributed by atoms with E-state index in [4.69, 9.17) is 0 Å². The lowest BCUT2D eigenvalue weighted by atomic mass is 10.1. The fraction of sp³-hybridized carbons (Fsp3) is 0.188. The molecule has 0 aliphatic heterocycles. The first-order valence-electron chi connectivity index (χ1n) is 6.51. The number of aliphatic hydroxyl groups excluding tert-OH is 1. The number of carbonyl (C=O) groups excluding carboxylic acids is 1. The third-order valence-electron chi connectivity index (χ3n) is 3.03. The van der Waals surface area contributed by atoms with Crippen molar-refractivity contribution in [3.05, 3.63) is 67.7 Å². The van der Waals surface area contributed by atoms with Gasteiger partial charge < -0.3 is 10.0 Å². The summed E-state index contributed by atoms with van der Waals surface area (Å²) in [4.78, 5) is 14.4. The number of carbonyl (C=O) groups is 1. The Hall–Kier alpha value is -0.920. The molecule has 21 heavy (non-hydrogen) atoms. The third-order valence-corrected chi connectivity index (χ3v) is 4.47. The van der Waals surface area contributed by atoms with E-state index in [0.29, 0.717) is 18.7 Å². The van der Waals surface area contributed by atoms with Crippen molar-refractivity contribution in [1.82, 2.24) is 4.90 Å². The molecule has 0 saturated carbocycles. The number of hydrogen-bond donors (Lipinski definition) is 1. The molecule has 0 aromatic heterocycles. The molecule has 2 aromatic rings. The number of hydrogen-bond acceptors (Lipinski definition) is 2. The Morgan fingerprint density at radius 3 is 2.57 bits per heavy atom. The van der Waals surface area contributed by atoms with Gasteiger partial charge in [-0.2, -0.15) is 0 Å². The maximum absolute atomic E-state index is 12.7. The molecule has 0 aliphatic carbocycles. The first-order chi connectivity index (χ1) is 10.1. The average molecular weight is 460 g/mol. The van der Waals surface area contributed by atoms with Crippen LogP contribution in [0, 0.1) is 3.57 Å². The molecule has 0 spiro atoms. The van der Waals surface area contributed by atoms with Gasteiger partial charge in [-0.3, -0.25) is 4.79 Å². The average Bonchev–Trinajstić information content (AvgIpc) is 2.49. The van der Waals surface area contributed by atoms with Crippen molar-refractivity contribution < 1.29 is 9.90 Å². The normalized spacial score (nSPS) is 10.4. The summed E-state index contributed by atoms with van der Waals surface area (Å²) in [6, 6.07) is 15.4. The quantitative estimate of drug-likeness (QED) is 0.693. The molecule has 2 aromatic carbocycles.